The lowest BCUT2D eigenvalue weighted by molar-refractivity contribution is -0.119. The second-order valence-corrected chi connectivity index (χ2v) is 9.03. The Bertz CT molecular complexity index is 1350. The number of ether oxygens (including phenoxy) is 3. The van der Waals surface area contributed by atoms with Gasteiger partial charge in [-0.3, -0.25) is 9.10 Å². The van der Waals surface area contributed by atoms with Crippen LogP contribution in [0.15, 0.2) is 82.8 Å². The number of nitrogens with zero attached hydrogens (tertiary/aromatic N) is 3. The topological polar surface area (TPSA) is 130 Å². The SMILES string of the molecule is COc1ccc(N(CC(=O)N/N=C\c2ccc(OCC#N)cc2)S(=O)(=O)c2ccccc2)c(OC)c1. The van der Waals surface area contributed by atoms with Gasteiger partial charge in [-0.1, -0.05) is 18.2 Å². The highest BCUT2D eigenvalue weighted by atomic mass is 32.2. The Kier molecular flexibility index (Phi) is 8.85. The molecule has 186 valence electrons. The smallest absolute Gasteiger partial charge is 0.264 e. The Hall–Kier alpha value is -4.56. The normalized spacial score (nSPS) is 10.9. The molecule has 1 amide bonds. The minimum absolute atomic E-state index is 0.0119. The molecule has 0 aliphatic rings. The van der Waals surface area contributed by atoms with Gasteiger partial charge in [0.1, 0.15) is 29.9 Å². The van der Waals surface area contributed by atoms with E-state index in [-0.39, 0.29) is 22.9 Å². The molecule has 36 heavy (non-hydrogen) atoms. The summed E-state index contributed by atoms with van der Waals surface area (Å²) >= 11 is 0. The number of hydrogen-bond acceptors (Lipinski definition) is 8. The third-order valence-corrected chi connectivity index (χ3v) is 6.63. The van der Waals surface area contributed by atoms with Gasteiger partial charge in [0.15, 0.2) is 6.61 Å². The van der Waals surface area contributed by atoms with E-state index in [1.165, 1.54) is 44.7 Å². The number of nitrogens with one attached hydrogen (secondary N) is 1. The van der Waals surface area contributed by atoms with E-state index >= 15 is 0 Å². The van der Waals surface area contributed by atoms with Gasteiger partial charge in [0.2, 0.25) is 0 Å². The lowest BCUT2D eigenvalue weighted by Crippen LogP contribution is -2.39. The number of methoxy groups -OCH3 is 2. The van der Waals surface area contributed by atoms with E-state index < -0.39 is 22.5 Å². The van der Waals surface area contributed by atoms with Crippen molar-refractivity contribution in [3.63, 3.8) is 0 Å². The van der Waals surface area contributed by atoms with Crippen molar-refractivity contribution in [3.05, 3.63) is 78.4 Å². The van der Waals surface area contributed by atoms with Crippen LogP contribution in [0.25, 0.3) is 0 Å². The van der Waals surface area contributed by atoms with Gasteiger partial charge in [-0.2, -0.15) is 10.4 Å². The summed E-state index contributed by atoms with van der Waals surface area (Å²) in [5.41, 5.74) is 3.17. The molecule has 3 aromatic rings. The number of anilines is 1. The molecular formula is C25H24N4O6S. The van der Waals surface area contributed by atoms with Gasteiger partial charge in [-0.25, -0.2) is 13.8 Å². The van der Waals surface area contributed by atoms with Crippen LogP contribution in [-0.2, 0) is 14.8 Å². The third kappa shape index (κ3) is 6.52. The van der Waals surface area contributed by atoms with Crippen LogP contribution in [0.3, 0.4) is 0 Å². The number of amides is 1. The largest absolute Gasteiger partial charge is 0.497 e. The maximum Gasteiger partial charge on any atom is 0.264 e. The molecule has 0 aromatic heterocycles. The maximum absolute atomic E-state index is 13.5. The summed E-state index contributed by atoms with van der Waals surface area (Å²) < 4.78 is 43.7. The number of rotatable bonds is 11. The van der Waals surface area contributed by atoms with Crippen molar-refractivity contribution in [1.29, 1.82) is 5.26 Å². The zero-order chi connectivity index (χ0) is 26.0. The zero-order valence-electron chi connectivity index (χ0n) is 19.6. The molecule has 3 aromatic carbocycles. The third-order valence-electron chi connectivity index (χ3n) is 4.86. The van der Waals surface area contributed by atoms with Gasteiger partial charge in [-0.05, 0) is 54.1 Å². The molecule has 10 nitrogen and oxygen atoms in total. The molecule has 0 saturated heterocycles. The van der Waals surface area contributed by atoms with Crippen molar-refractivity contribution in [2.45, 2.75) is 4.90 Å². The molecule has 0 aliphatic heterocycles. The molecule has 11 heteroatoms. The number of nitriles is 1. The van der Waals surface area contributed by atoms with E-state index in [0.717, 1.165) is 4.31 Å². The monoisotopic (exact) mass is 508 g/mol. The first-order valence-corrected chi connectivity index (χ1v) is 12.0. The van der Waals surface area contributed by atoms with Crippen molar-refractivity contribution in [3.8, 4) is 23.3 Å². The van der Waals surface area contributed by atoms with Crippen LogP contribution >= 0.6 is 0 Å². The predicted molar refractivity (Wildman–Crippen MR) is 134 cm³/mol. The highest BCUT2D eigenvalue weighted by molar-refractivity contribution is 7.92. The maximum atomic E-state index is 13.5. The summed E-state index contributed by atoms with van der Waals surface area (Å²) in [5.74, 6) is 0.528. The average Bonchev–Trinajstić information content (AvgIpc) is 2.91. The van der Waals surface area contributed by atoms with Gasteiger partial charge in [-0.15, -0.1) is 0 Å². The van der Waals surface area contributed by atoms with Crippen LogP contribution in [0.2, 0.25) is 0 Å². The van der Waals surface area contributed by atoms with Crippen molar-refractivity contribution in [1.82, 2.24) is 5.43 Å². The minimum Gasteiger partial charge on any atom is -0.497 e. The number of sulfonamides is 1. The van der Waals surface area contributed by atoms with E-state index in [1.807, 2.05) is 6.07 Å². The van der Waals surface area contributed by atoms with Gasteiger partial charge < -0.3 is 14.2 Å². The second-order valence-electron chi connectivity index (χ2n) is 7.17. The fraction of sp³-hybridized carbons (Fsp3) is 0.160. The van der Waals surface area contributed by atoms with Crippen LogP contribution < -0.4 is 23.9 Å². The Morgan fingerprint density at radius 1 is 1.03 bits per heavy atom. The van der Waals surface area contributed by atoms with Crippen LogP contribution in [0, 0.1) is 11.3 Å². The Balaban J connectivity index is 1.82. The van der Waals surface area contributed by atoms with E-state index in [0.29, 0.717) is 17.1 Å². The van der Waals surface area contributed by atoms with E-state index in [9.17, 15) is 13.2 Å². The van der Waals surface area contributed by atoms with Crippen LogP contribution in [0.1, 0.15) is 5.56 Å². The summed E-state index contributed by atoms with van der Waals surface area (Å²) in [7, 11) is -1.26. The minimum atomic E-state index is -4.13. The molecule has 0 fully saturated rings. The highest BCUT2D eigenvalue weighted by Crippen LogP contribution is 2.35. The summed E-state index contributed by atoms with van der Waals surface area (Å²) in [6.07, 6.45) is 1.40. The highest BCUT2D eigenvalue weighted by Gasteiger charge is 2.29. The van der Waals surface area contributed by atoms with Crippen molar-refractivity contribution in [2.24, 2.45) is 5.10 Å². The second kappa shape index (κ2) is 12.2. The fourth-order valence-corrected chi connectivity index (χ4v) is 4.57. The Labute approximate surface area is 209 Å². The lowest BCUT2D eigenvalue weighted by Gasteiger charge is -2.25. The number of hydrazone groups is 1. The molecule has 0 saturated carbocycles. The predicted octanol–water partition coefficient (Wildman–Crippen LogP) is 2.95. The molecule has 0 heterocycles. The summed E-state index contributed by atoms with van der Waals surface area (Å²) in [6, 6.07) is 21.0. The summed E-state index contributed by atoms with van der Waals surface area (Å²) in [4.78, 5) is 12.8. The van der Waals surface area contributed by atoms with Crippen LogP contribution in [0.5, 0.6) is 17.2 Å². The number of carbonyl (C=O) groups excluding carboxylic acids is 1. The van der Waals surface area contributed by atoms with E-state index in [2.05, 4.69) is 10.5 Å². The van der Waals surface area contributed by atoms with Gasteiger partial charge in [0.25, 0.3) is 15.9 Å². The molecule has 0 spiro atoms. The number of carbonyl (C=O) groups is 1. The van der Waals surface area contributed by atoms with Crippen LogP contribution in [-0.4, -0.2) is 47.9 Å². The van der Waals surface area contributed by atoms with Gasteiger partial charge >= 0.3 is 0 Å². The standard InChI is InChI=1S/C25H24N4O6S/c1-33-21-12-13-23(24(16-21)34-2)29(36(31,32)22-6-4-3-5-7-22)18-25(30)28-27-17-19-8-10-20(11-9-19)35-15-14-26/h3-13,16-17H,15,18H2,1-2H3,(H,28,30)/b27-17-. The van der Waals surface area contributed by atoms with Crippen molar-refractivity contribution < 1.29 is 27.4 Å². The summed E-state index contributed by atoms with van der Waals surface area (Å²) in [5, 5.41) is 12.5. The first-order valence-electron chi connectivity index (χ1n) is 10.6. The van der Waals surface area contributed by atoms with E-state index in [4.69, 9.17) is 19.5 Å². The molecular weight excluding hydrogens is 484 g/mol. The summed E-state index contributed by atoms with van der Waals surface area (Å²) in [6.45, 7) is -0.622. The first-order chi connectivity index (χ1) is 17.4. The molecule has 0 aliphatic carbocycles. The zero-order valence-corrected chi connectivity index (χ0v) is 20.4. The van der Waals surface area contributed by atoms with Gasteiger partial charge in [0, 0.05) is 6.07 Å². The fourth-order valence-electron chi connectivity index (χ4n) is 3.12. The molecule has 0 unspecified atom stereocenters. The molecule has 1 N–H and O–H groups in total. The lowest BCUT2D eigenvalue weighted by atomic mass is 10.2. The van der Waals surface area contributed by atoms with Gasteiger partial charge in [0.05, 0.1) is 31.0 Å². The Morgan fingerprint density at radius 3 is 2.36 bits per heavy atom. The number of benzene rings is 3. The molecule has 3 rings (SSSR count). The molecule has 0 bridgehead atoms. The molecule has 0 atom stereocenters. The van der Waals surface area contributed by atoms with Crippen LogP contribution in [0.4, 0.5) is 5.69 Å². The molecule has 0 radical (unpaired) electrons. The number of hydrogen-bond donors (Lipinski definition) is 1. The quantitative estimate of drug-likeness (QED) is 0.311. The van der Waals surface area contributed by atoms with E-state index in [1.54, 1.807) is 48.5 Å². The first kappa shape index (κ1) is 26.1. The van der Waals surface area contributed by atoms with Crippen molar-refractivity contribution >= 4 is 27.8 Å². The average molecular weight is 509 g/mol. The van der Waals surface area contributed by atoms with Crippen molar-refractivity contribution in [2.75, 3.05) is 31.7 Å². The Morgan fingerprint density at radius 2 is 1.72 bits per heavy atom.